The molecule has 1 aliphatic rings. The molecule has 94 valence electrons. The zero-order valence-electron chi connectivity index (χ0n) is 8.37. The van der Waals surface area contributed by atoms with Crippen LogP contribution in [0.2, 0.25) is 0 Å². The van der Waals surface area contributed by atoms with Crippen molar-refractivity contribution in [3.8, 4) is 0 Å². The Labute approximate surface area is 89.7 Å². The number of aliphatic hydroxyl groups excluding tert-OH is 1. The van der Waals surface area contributed by atoms with E-state index in [9.17, 15) is 18.0 Å². The van der Waals surface area contributed by atoms with Gasteiger partial charge in [-0.3, -0.25) is 0 Å². The van der Waals surface area contributed by atoms with E-state index in [1.54, 1.807) is 0 Å². The van der Waals surface area contributed by atoms with Gasteiger partial charge in [0.05, 0.1) is 25.9 Å². The Morgan fingerprint density at radius 1 is 1.56 bits per heavy atom. The number of aliphatic hydroxyl groups is 1. The summed E-state index contributed by atoms with van der Waals surface area (Å²) in [5.74, 6) is 0. The summed E-state index contributed by atoms with van der Waals surface area (Å²) in [6.07, 6.45) is -6.13. The summed E-state index contributed by atoms with van der Waals surface area (Å²) in [5, 5.41) is 8.77. The van der Waals surface area contributed by atoms with Crippen LogP contribution in [0.5, 0.6) is 0 Å². The van der Waals surface area contributed by atoms with E-state index in [-0.39, 0.29) is 26.3 Å². The first-order valence-corrected chi connectivity index (χ1v) is 4.63. The molecule has 0 aromatic heterocycles. The Morgan fingerprint density at radius 3 is 2.81 bits per heavy atom. The molecule has 0 radical (unpaired) electrons. The van der Waals surface area contributed by atoms with Crippen LogP contribution in [0.25, 0.3) is 0 Å². The minimum Gasteiger partial charge on any atom is -0.440 e. The predicted octanol–water partition coefficient (Wildman–Crippen LogP) is 0.378. The number of hydrogen-bond acceptors (Lipinski definition) is 4. The van der Waals surface area contributed by atoms with Crippen molar-refractivity contribution in [1.82, 2.24) is 4.90 Å². The van der Waals surface area contributed by atoms with Crippen LogP contribution in [0.3, 0.4) is 0 Å². The van der Waals surface area contributed by atoms with E-state index in [2.05, 4.69) is 4.74 Å². The highest BCUT2D eigenvalue weighted by atomic mass is 19.4. The van der Waals surface area contributed by atoms with E-state index in [0.717, 1.165) is 4.90 Å². The number of ether oxygens (including phenoxy) is 2. The molecule has 1 saturated heterocycles. The van der Waals surface area contributed by atoms with Crippen molar-refractivity contribution in [2.24, 2.45) is 0 Å². The van der Waals surface area contributed by atoms with Crippen molar-refractivity contribution in [2.45, 2.75) is 12.3 Å². The highest BCUT2D eigenvalue weighted by Gasteiger charge is 2.32. The van der Waals surface area contributed by atoms with E-state index < -0.39 is 25.0 Å². The first-order valence-electron chi connectivity index (χ1n) is 4.63. The summed E-state index contributed by atoms with van der Waals surface area (Å²) in [6.45, 7) is -1.53. The van der Waals surface area contributed by atoms with Crippen LogP contribution in [-0.2, 0) is 9.47 Å². The number of morpholine rings is 1. The van der Waals surface area contributed by atoms with Crippen LogP contribution < -0.4 is 0 Å². The summed E-state index contributed by atoms with van der Waals surface area (Å²) >= 11 is 0. The number of halogens is 3. The first kappa shape index (κ1) is 13.0. The average molecular weight is 243 g/mol. The molecule has 1 fully saturated rings. The standard InChI is InChI=1S/C8H12F3NO4/c9-8(10,11)5-16-7(14)12-1-2-15-6(3-12)4-13/h6,13H,1-5H2. The minimum atomic E-state index is -4.53. The number of carbonyl (C=O) groups is 1. The third-order valence-corrected chi connectivity index (χ3v) is 1.96. The lowest BCUT2D eigenvalue weighted by Gasteiger charge is -2.31. The van der Waals surface area contributed by atoms with Gasteiger partial charge in [-0.25, -0.2) is 4.79 Å². The molecule has 1 unspecified atom stereocenters. The zero-order valence-corrected chi connectivity index (χ0v) is 8.37. The Bertz CT molecular complexity index is 246. The summed E-state index contributed by atoms with van der Waals surface area (Å²) in [5.41, 5.74) is 0. The van der Waals surface area contributed by atoms with E-state index in [0.29, 0.717) is 0 Å². The molecule has 0 bridgehead atoms. The fourth-order valence-corrected chi connectivity index (χ4v) is 1.23. The van der Waals surface area contributed by atoms with Gasteiger partial charge in [0.25, 0.3) is 0 Å². The van der Waals surface area contributed by atoms with Crippen molar-refractivity contribution < 1.29 is 32.5 Å². The van der Waals surface area contributed by atoms with Gasteiger partial charge in [0.1, 0.15) is 0 Å². The van der Waals surface area contributed by atoms with Crippen molar-refractivity contribution in [3.63, 3.8) is 0 Å². The number of alkyl halides is 3. The van der Waals surface area contributed by atoms with Crippen molar-refractivity contribution in [1.29, 1.82) is 0 Å². The third-order valence-electron chi connectivity index (χ3n) is 1.96. The van der Waals surface area contributed by atoms with Crippen LogP contribution in [0, 0.1) is 0 Å². The second kappa shape index (κ2) is 5.35. The lowest BCUT2D eigenvalue weighted by molar-refractivity contribution is -0.164. The molecule has 1 atom stereocenters. The molecule has 8 heteroatoms. The molecule has 0 saturated carbocycles. The van der Waals surface area contributed by atoms with Gasteiger partial charge in [-0.1, -0.05) is 0 Å². The lowest BCUT2D eigenvalue weighted by Crippen LogP contribution is -2.47. The average Bonchev–Trinajstić information content (AvgIpc) is 2.25. The normalized spacial score (nSPS) is 22.0. The Morgan fingerprint density at radius 2 is 2.25 bits per heavy atom. The summed E-state index contributed by atoms with van der Waals surface area (Å²) < 4.78 is 44.4. The molecule has 1 amide bonds. The topological polar surface area (TPSA) is 59.0 Å². The second-order valence-corrected chi connectivity index (χ2v) is 3.29. The largest absolute Gasteiger partial charge is 0.440 e. The maximum atomic E-state index is 11.8. The number of amides is 1. The fraction of sp³-hybridized carbons (Fsp3) is 0.875. The lowest BCUT2D eigenvalue weighted by atomic mass is 10.3. The van der Waals surface area contributed by atoms with Gasteiger partial charge in [0, 0.05) is 6.54 Å². The third kappa shape index (κ3) is 4.23. The quantitative estimate of drug-likeness (QED) is 0.761. The summed E-state index contributed by atoms with van der Waals surface area (Å²) in [6, 6.07) is 0. The fourth-order valence-electron chi connectivity index (χ4n) is 1.23. The number of nitrogens with zero attached hydrogens (tertiary/aromatic N) is 1. The molecular weight excluding hydrogens is 231 g/mol. The molecule has 1 rings (SSSR count). The van der Waals surface area contributed by atoms with Gasteiger partial charge in [-0.15, -0.1) is 0 Å². The van der Waals surface area contributed by atoms with Gasteiger partial charge in [-0.2, -0.15) is 13.2 Å². The van der Waals surface area contributed by atoms with Gasteiger partial charge in [0.15, 0.2) is 6.61 Å². The van der Waals surface area contributed by atoms with Crippen molar-refractivity contribution in [2.75, 3.05) is 32.9 Å². The van der Waals surface area contributed by atoms with Crippen molar-refractivity contribution >= 4 is 6.09 Å². The molecule has 1 N–H and O–H groups in total. The minimum absolute atomic E-state index is 0.0349. The van der Waals surface area contributed by atoms with Crippen LogP contribution in [0.4, 0.5) is 18.0 Å². The van der Waals surface area contributed by atoms with Gasteiger partial charge in [-0.05, 0) is 0 Å². The zero-order chi connectivity index (χ0) is 12.2. The van der Waals surface area contributed by atoms with Gasteiger partial charge >= 0.3 is 12.3 Å². The molecule has 0 aromatic rings. The Kier molecular flexibility index (Phi) is 4.36. The highest BCUT2D eigenvalue weighted by molar-refractivity contribution is 5.67. The van der Waals surface area contributed by atoms with E-state index in [4.69, 9.17) is 9.84 Å². The van der Waals surface area contributed by atoms with E-state index in [1.807, 2.05) is 0 Å². The van der Waals surface area contributed by atoms with Crippen LogP contribution in [0.1, 0.15) is 0 Å². The number of rotatable bonds is 2. The molecule has 0 aromatic carbocycles. The van der Waals surface area contributed by atoms with Crippen LogP contribution >= 0.6 is 0 Å². The molecule has 0 aliphatic carbocycles. The summed E-state index contributed by atoms with van der Waals surface area (Å²) in [4.78, 5) is 12.3. The molecule has 1 heterocycles. The van der Waals surface area contributed by atoms with E-state index >= 15 is 0 Å². The van der Waals surface area contributed by atoms with E-state index in [1.165, 1.54) is 0 Å². The Balaban J connectivity index is 2.36. The molecule has 16 heavy (non-hydrogen) atoms. The maximum Gasteiger partial charge on any atom is 0.422 e. The molecule has 1 aliphatic heterocycles. The second-order valence-electron chi connectivity index (χ2n) is 3.29. The maximum absolute atomic E-state index is 11.8. The highest BCUT2D eigenvalue weighted by Crippen LogP contribution is 2.15. The number of hydrogen-bond donors (Lipinski definition) is 1. The molecule has 0 spiro atoms. The first-order chi connectivity index (χ1) is 7.42. The van der Waals surface area contributed by atoms with Crippen LogP contribution in [-0.4, -0.2) is 61.3 Å². The SMILES string of the molecule is O=C(OCC(F)(F)F)N1CCOC(CO)C1. The molecule has 5 nitrogen and oxygen atoms in total. The van der Waals surface area contributed by atoms with Crippen molar-refractivity contribution in [3.05, 3.63) is 0 Å². The molecular formula is C8H12F3NO4. The smallest absolute Gasteiger partial charge is 0.422 e. The van der Waals surface area contributed by atoms with Gasteiger partial charge < -0.3 is 19.5 Å². The van der Waals surface area contributed by atoms with Crippen LogP contribution in [0.15, 0.2) is 0 Å². The number of carbonyl (C=O) groups excluding carboxylic acids is 1. The summed E-state index contributed by atoms with van der Waals surface area (Å²) in [7, 11) is 0. The monoisotopic (exact) mass is 243 g/mol. The van der Waals surface area contributed by atoms with Gasteiger partial charge in [0.2, 0.25) is 0 Å². The Hall–Kier alpha value is -1.02. The predicted molar refractivity (Wildman–Crippen MR) is 45.8 cm³/mol.